The molecule has 0 unspecified atom stereocenters. The van der Waals surface area contributed by atoms with Crippen molar-refractivity contribution in [1.29, 1.82) is 0 Å². The maximum absolute atomic E-state index is 13.3. The SMILES string of the molecule is CNC(=O)c1ccccc1Sc1ccc2c(/C=C/c3ccccn3)nn(C(=O)C(F)(F)F)c2c1. The number of fused-ring (bicyclic) bond motifs is 1. The second kappa shape index (κ2) is 9.52. The molecule has 0 fully saturated rings. The van der Waals surface area contributed by atoms with Gasteiger partial charge in [0.05, 0.1) is 22.5 Å². The second-order valence-electron chi connectivity index (χ2n) is 7.04. The average Bonchev–Trinajstić information content (AvgIpc) is 3.19. The quantitative estimate of drug-likeness (QED) is 0.417. The largest absolute Gasteiger partial charge is 0.473 e. The Morgan fingerprint density at radius 1 is 1.03 bits per heavy atom. The molecule has 2 aromatic carbocycles. The standard InChI is InChI=1S/C24H17F3N4O2S/c1-28-22(32)18-7-2-3-8-21(18)34-16-10-11-17-19(12-9-15-6-4-5-13-29-15)30-31(20(17)14-16)23(33)24(25,26)27/h2-14H,1H3,(H,28,32)/b12-9+. The summed E-state index contributed by atoms with van der Waals surface area (Å²) < 4.78 is 40.2. The smallest absolute Gasteiger partial charge is 0.355 e. The summed E-state index contributed by atoms with van der Waals surface area (Å²) in [6.07, 6.45) is -0.398. The predicted octanol–water partition coefficient (Wildman–Crippen LogP) is 5.32. The van der Waals surface area contributed by atoms with Gasteiger partial charge in [0.25, 0.3) is 5.91 Å². The van der Waals surface area contributed by atoms with Crippen LogP contribution in [0.5, 0.6) is 0 Å². The van der Waals surface area contributed by atoms with Gasteiger partial charge < -0.3 is 5.32 Å². The van der Waals surface area contributed by atoms with Crippen molar-refractivity contribution in [1.82, 2.24) is 20.1 Å². The van der Waals surface area contributed by atoms with Gasteiger partial charge in [-0.1, -0.05) is 30.0 Å². The molecule has 2 heterocycles. The molecule has 0 spiro atoms. The molecule has 0 saturated carbocycles. The van der Waals surface area contributed by atoms with Gasteiger partial charge in [0.2, 0.25) is 0 Å². The van der Waals surface area contributed by atoms with Crippen molar-refractivity contribution in [3.8, 4) is 0 Å². The van der Waals surface area contributed by atoms with E-state index in [1.54, 1.807) is 66.9 Å². The van der Waals surface area contributed by atoms with E-state index in [2.05, 4.69) is 15.4 Å². The van der Waals surface area contributed by atoms with Crippen molar-refractivity contribution in [2.45, 2.75) is 16.0 Å². The van der Waals surface area contributed by atoms with Gasteiger partial charge in [-0.15, -0.1) is 0 Å². The highest BCUT2D eigenvalue weighted by molar-refractivity contribution is 7.99. The third kappa shape index (κ3) is 4.86. The number of carbonyl (C=O) groups excluding carboxylic acids is 2. The van der Waals surface area contributed by atoms with Gasteiger partial charge in [0, 0.05) is 28.4 Å². The zero-order valence-corrected chi connectivity index (χ0v) is 18.5. The molecule has 172 valence electrons. The molecule has 1 amide bonds. The van der Waals surface area contributed by atoms with Crippen molar-refractivity contribution in [3.05, 3.63) is 83.8 Å². The Balaban J connectivity index is 1.79. The Kier molecular flexibility index (Phi) is 6.51. The Morgan fingerprint density at radius 3 is 2.50 bits per heavy atom. The van der Waals surface area contributed by atoms with Gasteiger partial charge in [-0.25, -0.2) is 0 Å². The Labute approximate surface area is 196 Å². The minimum absolute atomic E-state index is 0.00502. The fourth-order valence-electron chi connectivity index (χ4n) is 3.22. The van der Waals surface area contributed by atoms with Crippen molar-refractivity contribution in [3.63, 3.8) is 0 Å². The highest BCUT2D eigenvalue weighted by Crippen LogP contribution is 2.34. The third-order valence-corrected chi connectivity index (χ3v) is 5.87. The maximum atomic E-state index is 13.3. The first kappa shape index (κ1) is 23.2. The van der Waals surface area contributed by atoms with Crippen molar-refractivity contribution < 1.29 is 22.8 Å². The topological polar surface area (TPSA) is 76.9 Å². The first-order chi connectivity index (χ1) is 16.3. The lowest BCUT2D eigenvalue weighted by Gasteiger charge is -2.09. The molecule has 34 heavy (non-hydrogen) atoms. The molecule has 0 radical (unpaired) electrons. The van der Waals surface area contributed by atoms with E-state index in [4.69, 9.17) is 0 Å². The van der Waals surface area contributed by atoms with Crippen LogP contribution < -0.4 is 5.32 Å². The number of hydrogen-bond acceptors (Lipinski definition) is 5. The molecule has 1 N–H and O–H groups in total. The zero-order chi connectivity index (χ0) is 24.3. The minimum atomic E-state index is -5.10. The Bertz CT molecular complexity index is 1400. The summed E-state index contributed by atoms with van der Waals surface area (Å²) in [4.78, 5) is 29.6. The van der Waals surface area contributed by atoms with E-state index in [9.17, 15) is 22.8 Å². The number of rotatable bonds is 5. The molecule has 0 aliphatic heterocycles. The van der Waals surface area contributed by atoms with Crippen LogP contribution in [0.2, 0.25) is 0 Å². The lowest BCUT2D eigenvalue weighted by Crippen LogP contribution is -2.29. The highest BCUT2D eigenvalue weighted by atomic mass is 32.2. The second-order valence-corrected chi connectivity index (χ2v) is 8.16. The molecule has 4 rings (SSSR count). The Morgan fingerprint density at radius 2 is 1.79 bits per heavy atom. The number of aromatic nitrogens is 3. The molecular weight excluding hydrogens is 465 g/mol. The lowest BCUT2D eigenvalue weighted by molar-refractivity contribution is -0.0952. The highest BCUT2D eigenvalue weighted by Gasteiger charge is 2.41. The van der Waals surface area contributed by atoms with E-state index in [1.165, 1.54) is 31.0 Å². The van der Waals surface area contributed by atoms with Crippen LogP contribution in [0.4, 0.5) is 13.2 Å². The van der Waals surface area contributed by atoms with Crippen LogP contribution >= 0.6 is 11.8 Å². The first-order valence-electron chi connectivity index (χ1n) is 10.0. The number of hydrogen-bond donors (Lipinski definition) is 1. The minimum Gasteiger partial charge on any atom is -0.355 e. The number of halogens is 3. The van der Waals surface area contributed by atoms with Gasteiger partial charge in [-0.2, -0.15) is 23.0 Å². The van der Waals surface area contributed by atoms with Crippen molar-refractivity contribution >= 4 is 46.6 Å². The number of amides is 1. The summed E-state index contributed by atoms with van der Waals surface area (Å²) in [6.45, 7) is 0. The van der Waals surface area contributed by atoms with E-state index in [0.29, 0.717) is 31.1 Å². The van der Waals surface area contributed by atoms with Crippen LogP contribution in [0.3, 0.4) is 0 Å². The molecule has 2 aromatic heterocycles. The fraction of sp³-hybridized carbons (Fsp3) is 0.0833. The number of carbonyl (C=O) groups is 2. The molecule has 0 atom stereocenters. The first-order valence-corrected chi connectivity index (χ1v) is 10.8. The maximum Gasteiger partial charge on any atom is 0.473 e. The van der Waals surface area contributed by atoms with E-state index in [1.807, 2.05) is 0 Å². The number of nitrogens with one attached hydrogen (secondary N) is 1. The molecular formula is C24H17F3N4O2S. The van der Waals surface area contributed by atoms with E-state index in [0.717, 1.165) is 0 Å². The molecule has 0 bridgehead atoms. The number of nitrogens with zero attached hydrogens (tertiary/aromatic N) is 3. The lowest BCUT2D eigenvalue weighted by atomic mass is 10.2. The normalized spacial score (nSPS) is 11.8. The fourth-order valence-corrected chi connectivity index (χ4v) is 4.20. The summed E-state index contributed by atoms with van der Waals surface area (Å²) in [5.74, 6) is -2.38. The zero-order valence-electron chi connectivity index (χ0n) is 17.7. The summed E-state index contributed by atoms with van der Waals surface area (Å²) in [5, 5.41) is 6.87. The Hall–Kier alpha value is -3.92. The predicted molar refractivity (Wildman–Crippen MR) is 124 cm³/mol. The van der Waals surface area contributed by atoms with E-state index >= 15 is 0 Å². The van der Waals surface area contributed by atoms with E-state index < -0.39 is 12.1 Å². The van der Waals surface area contributed by atoms with Gasteiger partial charge in [-0.05, 0) is 54.6 Å². The molecule has 4 aromatic rings. The van der Waals surface area contributed by atoms with Gasteiger partial charge in [0.1, 0.15) is 0 Å². The number of benzene rings is 2. The molecule has 0 aliphatic carbocycles. The van der Waals surface area contributed by atoms with Crippen LogP contribution in [-0.4, -0.2) is 39.8 Å². The van der Waals surface area contributed by atoms with Crippen molar-refractivity contribution in [2.75, 3.05) is 7.05 Å². The molecule has 0 saturated heterocycles. The summed E-state index contributed by atoms with van der Waals surface area (Å²) >= 11 is 1.20. The monoisotopic (exact) mass is 482 g/mol. The molecule has 10 heteroatoms. The van der Waals surface area contributed by atoms with Crippen LogP contribution in [0.1, 0.15) is 26.5 Å². The van der Waals surface area contributed by atoms with Crippen LogP contribution in [0.15, 0.2) is 76.7 Å². The van der Waals surface area contributed by atoms with Gasteiger partial charge >= 0.3 is 12.1 Å². The van der Waals surface area contributed by atoms with Crippen LogP contribution in [0, 0.1) is 0 Å². The van der Waals surface area contributed by atoms with Crippen LogP contribution in [0.25, 0.3) is 23.1 Å². The van der Waals surface area contributed by atoms with Crippen molar-refractivity contribution in [2.24, 2.45) is 0 Å². The number of pyridine rings is 1. The van der Waals surface area contributed by atoms with Crippen LogP contribution in [-0.2, 0) is 0 Å². The number of alkyl halides is 3. The van der Waals surface area contributed by atoms with Gasteiger partial charge in [-0.3, -0.25) is 14.6 Å². The molecule has 0 aliphatic rings. The third-order valence-electron chi connectivity index (χ3n) is 4.80. The summed E-state index contributed by atoms with van der Waals surface area (Å²) in [6, 6.07) is 16.9. The average molecular weight is 482 g/mol. The summed E-state index contributed by atoms with van der Waals surface area (Å²) in [5.41, 5.74) is 1.21. The van der Waals surface area contributed by atoms with E-state index in [-0.39, 0.29) is 17.1 Å². The van der Waals surface area contributed by atoms with Gasteiger partial charge in [0.15, 0.2) is 0 Å². The molecule has 6 nitrogen and oxygen atoms in total. The summed E-state index contributed by atoms with van der Waals surface area (Å²) in [7, 11) is 1.51.